The summed E-state index contributed by atoms with van der Waals surface area (Å²) in [5.74, 6) is 1.47. The Labute approximate surface area is 123 Å². The monoisotopic (exact) mass is 288 g/mol. The van der Waals surface area contributed by atoms with E-state index in [2.05, 4.69) is 35.6 Å². The molecule has 1 fully saturated rings. The number of rotatable bonds is 9. The third kappa shape index (κ3) is 9.75. The third-order valence-electron chi connectivity index (χ3n) is 4.08. The van der Waals surface area contributed by atoms with Crippen LogP contribution in [-0.4, -0.2) is 74.1 Å². The highest BCUT2D eigenvalue weighted by molar-refractivity contribution is 8.32. The summed E-state index contributed by atoms with van der Waals surface area (Å²) >= 11 is 0. The van der Waals surface area contributed by atoms with E-state index < -0.39 is 0 Å². The highest BCUT2D eigenvalue weighted by Crippen LogP contribution is 2.35. The van der Waals surface area contributed by atoms with Crippen LogP contribution in [0.2, 0.25) is 0 Å². The van der Waals surface area contributed by atoms with E-state index in [-0.39, 0.29) is 10.0 Å². The van der Waals surface area contributed by atoms with Crippen molar-refractivity contribution in [3.05, 3.63) is 0 Å². The number of likely N-dealkylation sites (N-methyl/N-ethyl adjacent to an activating group) is 1. The Morgan fingerprint density at radius 3 is 1.84 bits per heavy atom. The van der Waals surface area contributed by atoms with Gasteiger partial charge in [-0.1, -0.05) is 25.7 Å². The second-order valence-corrected chi connectivity index (χ2v) is 11.7. The van der Waals surface area contributed by atoms with Crippen molar-refractivity contribution in [1.82, 2.24) is 9.80 Å². The Balaban J connectivity index is 1.84. The van der Waals surface area contributed by atoms with Crippen LogP contribution in [0, 0.1) is 0 Å². The fraction of sp³-hybridized carbons (Fsp3) is 1.00. The molecule has 1 aliphatic heterocycles. The molecule has 0 aromatic heterocycles. The molecule has 0 spiro atoms. The maximum atomic E-state index is 2.64. The van der Waals surface area contributed by atoms with Crippen LogP contribution in [0.5, 0.6) is 0 Å². The molecule has 0 aromatic rings. The normalized spacial score (nSPS) is 19.8. The average molecular weight is 289 g/mol. The second-order valence-electron chi connectivity index (χ2n) is 7.06. The van der Waals surface area contributed by atoms with Crippen molar-refractivity contribution in [3.8, 4) is 0 Å². The van der Waals surface area contributed by atoms with Crippen molar-refractivity contribution < 1.29 is 0 Å². The Morgan fingerprint density at radius 2 is 1.26 bits per heavy atom. The standard InChI is InChI=1S/C16H36N2S/c1-17-12-14-18(15-13-17)11-9-7-5-6-8-10-16-19(2,3)4/h5-16H2,1-4H3. The Morgan fingerprint density at radius 1 is 0.737 bits per heavy atom. The van der Waals surface area contributed by atoms with Gasteiger partial charge in [0, 0.05) is 26.2 Å². The number of piperazine rings is 1. The van der Waals surface area contributed by atoms with Gasteiger partial charge in [-0.25, -0.2) is 10.0 Å². The summed E-state index contributed by atoms with van der Waals surface area (Å²) in [6, 6.07) is 0. The molecule has 116 valence electrons. The lowest BCUT2D eigenvalue weighted by Crippen LogP contribution is -2.44. The minimum Gasteiger partial charge on any atom is -0.304 e. The molecule has 1 aliphatic rings. The highest BCUT2D eigenvalue weighted by atomic mass is 32.3. The molecule has 0 bridgehead atoms. The number of hydrogen-bond donors (Lipinski definition) is 0. The second kappa shape index (κ2) is 9.25. The van der Waals surface area contributed by atoms with Crippen molar-refractivity contribution >= 4 is 10.0 Å². The van der Waals surface area contributed by atoms with Gasteiger partial charge in [0.15, 0.2) is 0 Å². The first-order valence-corrected chi connectivity index (χ1v) is 11.1. The average Bonchev–Trinajstić information content (AvgIpc) is 2.33. The van der Waals surface area contributed by atoms with Crippen molar-refractivity contribution in [1.29, 1.82) is 0 Å². The zero-order chi connectivity index (χ0) is 14.1. The van der Waals surface area contributed by atoms with Crippen LogP contribution < -0.4 is 0 Å². The molecule has 3 heteroatoms. The summed E-state index contributed by atoms with van der Waals surface area (Å²) in [6.45, 7) is 6.42. The first kappa shape index (κ1) is 17.3. The Hall–Kier alpha value is 0.270. The molecule has 1 saturated heterocycles. The molecule has 19 heavy (non-hydrogen) atoms. The minimum absolute atomic E-state index is 0.251. The zero-order valence-electron chi connectivity index (χ0n) is 13.8. The molecule has 2 nitrogen and oxygen atoms in total. The van der Waals surface area contributed by atoms with Crippen molar-refractivity contribution in [2.45, 2.75) is 38.5 Å². The van der Waals surface area contributed by atoms with Crippen LogP contribution in [0.15, 0.2) is 0 Å². The predicted molar refractivity (Wildman–Crippen MR) is 91.9 cm³/mol. The van der Waals surface area contributed by atoms with Crippen LogP contribution >= 0.6 is 10.0 Å². The van der Waals surface area contributed by atoms with E-state index in [0.717, 1.165) is 0 Å². The summed E-state index contributed by atoms with van der Waals surface area (Å²) in [5.41, 5.74) is 0. The number of nitrogens with zero attached hydrogens (tertiary/aromatic N) is 2. The molecule has 1 heterocycles. The largest absolute Gasteiger partial charge is 0.304 e. The molecule has 0 amide bonds. The Kier molecular flexibility index (Phi) is 8.43. The minimum atomic E-state index is -0.251. The predicted octanol–water partition coefficient (Wildman–Crippen LogP) is 3.27. The molecular weight excluding hydrogens is 252 g/mol. The van der Waals surface area contributed by atoms with Gasteiger partial charge in [-0.15, -0.1) is 0 Å². The van der Waals surface area contributed by atoms with E-state index in [1.807, 2.05) is 0 Å². The summed E-state index contributed by atoms with van der Waals surface area (Å²) in [6.07, 6.45) is 16.0. The van der Waals surface area contributed by atoms with E-state index >= 15 is 0 Å². The van der Waals surface area contributed by atoms with Gasteiger partial charge >= 0.3 is 0 Å². The first-order chi connectivity index (χ1) is 8.97. The maximum Gasteiger partial charge on any atom is 0.0110 e. The van der Waals surface area contributed by atoms with Gasteiger partial charge in [0.05, 0.1) is 0 Å². The van der Waals surface area contributed by atoms with Crippen LogP contribution in [-0.2, 0) is 0 Å². The molecule has 0 radical (unpaired) electrons. The topological polar surface area (TPSA) is 6.48 Å². The quantitative estimate of drug-likeness (QED) is 0.601. The van der Waals surface area contributed by atoms with Gasteiger partial charge in [0.25, 0.3) is 0 Å². The van der Waals surface area contributed by atoms with Crippen molar-refractivity contribution in [2.75, 3.05) is 64.3 Å². The summed E-state index contributed by atoms with van der Waals surface area (Å²) in [4.78, 5) is 5.08. The molecule has 1 rings (SSSR count). The summed E-state index contributed by atoms with van der Waals surface area (Å²) in [5, 5.41) is 0. The molecule has 0 atom stereocenters. The molecule has 0 saturated carbocycles. The third-order valence-corrected chi connectivity index (χ3v) is 5.59. The Bertz CT molecular complexity index is 217. The van der Waals surface area contributed by atoms with Crippen LogP contribution in [0.25, 0.3) is 0 Å². The fourth-order valence-corrected chi connectivity index (χ4v) is 3.72. The summed E-state index contributed by atoms with van der Waals surface area (Å²) < 4.78 is 0. The van der Waals surface area contributed by atoms with Crippen LogP contribution in [0.1, 0.15) is 38.5 Å². The fourth-order valence-electron chi connectivity index (χ4n) is 2.65. The van der Waals surface area contributed by atoms with Gasteiger partial charge < -0.3 is 9.80 Å². The van der Waals surface area contributed by atoms with Gasteiger partial charge in [-0.2, -0.15) is 0 Å². The molecule has 0 unspecified atom stereocenters. The molecular formula is C16H36N2S. The van der Waals surface area contributed by atoms with Gasteiger partial charge in [0.1, 0.15) is 0 Å². The van der Waals surface area contributed by atoms with Crippen molar-refractivity contribution in [3.63, 3.8) is 0 Å². The van der Waals surface area contributed by atoms with E-state index in [9.17, 15) is 0 Å². The van der Waals surface area contributed by atoms with Crippen LogP contribution in [0.3, 0.4) is 0 Å². The molecule has 0 aromatic carbocycles. The first-order valence-electron chi connectivity index (χ1n) is 8.04. The van der Waals surface area contributed by atoms with Gasteiger partial charge in [0.2, 0.25) is 0 Å². The highest BCUT2D eigenvalue weighted by Gasteiger charge is 2.12. The lowest BCUT2D eigenvalue weighted by molar-refractivity contribution is 0.152. The van der Waals surface area contributed by atoms with E-state index in [1.54, 1.807) is 0 Å². The number of hydrogen-bond acceptors (Lipinski definition) is 2. The van der Waals surface area contributed by atoms with E-state index in [0.29, 0.717) is 0 Å². The zero-order valence-corrected chi connectivity index (χ0v) is 14.6. The molecule has 0 N–H and O–H groups in total. The van der Waals surface area contributed by atoms with Crippen molar-refractivity contribution in [2.24, 2.45) is 0 Å². The lowest BCUT2D eigenvalue weighted by atomic mass is 10.1. The maximum absolute atomic E-state index is 2.64. The number of unbranched alkanes of at least 4 members (excludes halogenated alkanes) is 5. The summed E-state index contributed by atoms with van der Waals surface area (Å²) in [7, 11) is 1.98. The molecule has 0 aliphatic carbocycles. The van der Waals surface area contributed by atoms with Crippen LogP contribution in [0.4, 0.5) is 0 Å². The van der Waals surface area contributed by atoms with Gasteiger partial charge in [-0.3, -0.25) is 0 Å². The lowest BCUT2D eigenvalue weighted by Gasteiger charge is -2.32. The SMILES string of the molecule is CN1CCN(CCCCCCCCS(C)(C)C)CC1. The van der Waals surface area contributed by atoms with Gasteiger partial charge in [-0.05, 0) is 51.0 Å². The van der Waals surface area contributed by atoms with E-state index in [4.69, 9.17) is 0 Å². The smallest absolute Gasteiger partial charge is 0.0110 e. The van der Waals surface area contributed by atoms with E-state index in [1.165, 1.54) is 77.0 Å².